The smallest absolute Gasteiger partial charge is 0.462 e. The van der Waals surface area contributed by atoms with Gasteiger partial charge in [-0.05, 0) is 57.8 Å². The number of phosphoric ester groups is 1. The van der Waals surface area contributed by atoms with Crippen LogP contribution >= 0.6 is 7.82 Å². The minimum absolute atomic E-state index is 0.0468. The highest BCUT2D eigenvalue weighted by molar-refractivity contribution is 7.47. The van der Waals surface area contributed by atoms with Crippen molar-refractivity contribution in [3.8, 4) is 0 Å². The quantitative estimate of drug-likeness (QED) is 0.0279. The molecule has 0 aromatic carbocycles. The second kappa shape index (κ2) is 37.5. The van der Waals surface area contributed by atoms with Gasteiger partial charge in [0.2, 0.25) is 0 Å². The molecule has 0 aliphatic carbocycles. The maximum atomic E-state index is 12.5. The Balaban J connectivity index is 4.25. The number of nitrogens with two attached hydrogens (primary N) is 1. The van der Waals surface area contributed by atoms with E-state index in [0.717, 1.165) is 70.6 Å². The molecule has 0 radical (unpaired) electrons. The van der Waals surface area contributed by atoms with Gasteiger partial charge in [0.15, 0.2) is 6.10 Å². The van der Waals surface area contributed by atoms with Crippen LogP contribution in [0.25, 0.3) is 0 Å². The van der Waals surface area contributed by atoms with Crippen LogP contribution in [-0.2, 0) is 32.7 Å². The summed E-state index contributed by atoms with van der Waals surface area (Å²) in [5.74, 6) is -0.871. The van der Waals surface area contributed by atoms with Crippen LogP contribution in [0.3, 0.4) is 0 Å². The molecule has 10 heteroatoms. The molecule has 0 aliphatic heterocycles. The highest BCUT2D eigenvalue weighted by Gasteiger charge is 2.25. The molecule has 51 heavy (non-hydrogen) atoms. The molecule has 0 fully saturated rings. The minimum atomic E-state index is -4.38. The lowest BCUT2D eigenvalue weighted by Gasteiger charge is -2.19. The number of hydrogen-bond acceptors (Lipinski definition) is 8. The number of phosphoric acid groups is 1. The first-order valence-corrected chi connectivity index (χ1v) is 21.3. The van der Waals surface area contributed by atoms with E-state index >= 15 is 0 Å². The molecule has 1 unspecified atom stereocenters. The van der Waals surface area contributed by atoms with Crippen molar-refractivity contribution in [1.29, 1.82) is 0 Å². The Bertz CT molecular complexity index is 1020. The zero-order valence-electron chi connectivity index (χ0n) is 32.1. The Labute approximate surface area is 310 Å². The Kier molecular flexibility index (Phi) is 35.8. The largest absolute Gasteiger partial charge is 0.472 e. The first-order chi connectivity index (χ1) is 24.8. The number of ether oxygens (including phenoxy) is 2. The molecule has 2 atom stereocenters. The first kappa shape index (κ1) is 48.7. The number of unbranched alkanes of at least 4 members (excludes halogenated alkanes) is 13. The minimum Gasteiger partial charge on any atom is -0.462 e. The van der Waals surface area contributed by atoms with Gasteiger partial charge in [-0.2, -0.15) is 0 Å². The second-order valence-corrected chi connectivity index (χ2v) is 14.2. The molecular weight excluding hydrogens is 665 g/mol. The molecule has 0 heterocycles. The fourth-order valence-corrected chi connectivity index (χ4v) is 5.78. The molecule has 0 amide bonds. The summed E-state index contributed by atoms with van der Waals surface area (Å²) in [6.07, 6.45) is 42.5. The third-order valence-electron chi connectivity index (χ3n) is 7.92. The lowest BCUT2D eigenvalue weighted by atomic mass is 10.1. The molecule has 0 bridgehead atoms. The third kappa shape index (κ3) is 37.3. The van der Waals surface area contributed by atoms with Gasteiger partial charge in [0, 0.05) is 19.4 Å². The summed E-state index contributed by atoms with van der Waals surface area (Å²) in [6.45, 7) is 3.55. The molecular formula is C41H72NO8P. The van der Waals surface area contributed by atoms with Crippen molar-refractivity contribution in [2.75, 3.05) is 26.4 Å². The van der Waals surface area contributed by atoms with Crippen LogP contribution in [0.2, 0.25) is 0 Å². The normalized spacial score (nSPS) is 14.0. The van der Waals surface area contributed by atoms with E-state index in [1.54, 1.807) is 0 Å². The van der Waals surface area contributed by atoms with Gasteiger partial charge in [-0.25, -0.2) is 4.57 Å². The fourth-order valence-electron chi connectivity index (χ4n) is 5.01. The Morgan fingerprint density at radius 3 is 1.61 bits per heavy atom. The van der Waals surface area contributed by atoms with Gasteiger partial charge in [-0.3, -0.25) is 18.6 Å². The van der Waals surface area contributed by atoms with Crippen molar-refractivity contribution in [2.45, 2.75) is 161 Å². The van der Waals surface area contributed by atoms with E-state index in [1.807, 2.05) is 0 Å². The Morgan fingerprint density at radius 2 is 1.08 bits per heavy atom. The average Bonchev–Trinajstić information content (AvgIpc) is 3.11. The van der Waals surface area contributed by atoms with Crippen LogP contribution < -0.4 is 5.73 Å². The van der Waals surface area contributed by atoms with E-state index in [9.17, 15) is 19.0 Å². The molecule has 0 aliphatic rings. The predicted molar refractivity (Wildman–Crippen MR) is 210 cm³/mol. The Morgan fingerprint density at radius 1 is 0.608 bits per heavy atom. The second-order valence-electron chi connectivity index (χ2n) is 12.8. The van der Waals surface area contributed by atoms with E-state index in [4.69, 9.17) is 24.3 Å². The molecule has 0 aromatic heterocycles. The lowest BCUT2D eigenvalue weighted by Crippen LogP contribution is -2.29. The van der Waals surface area contributed by atoms with E-state index in [2.05, 4.69) is 74.6 Å². The van der Waals surface area contributed by atoms with Crippen molar-refractivity contribution >= 4 is 19.8 Å². The highest BCUT2D eigenvalue weighted by atomic mass is 31.2. The maximum absolute atomic E-state index is 12.5. The van der Waals surface area contributed by atoms with Gasteiger partial charge in [-0.1, -0.05) is 145 Å². The molecule has 0 saturated heterocycles. The zero-order chi connectivity index (χ0) is 37.5. The van der Waals surface area contributed by atoms with E-state index in [-0.39, 0.29) is 32.6 Å². The van der Waals surface area contributed by atoms with E-state index in [1.165, 1.54) is 44.9 Å². The number of esters is 2. The van der Waals surface area contributed by atoms with Crippen LogP contribution in [0.4, 0.5) is 0 Å². The number of allylic oxidation sites excluding steroid dienone is 10. The van der Waals surface area contributed by atoms with Crippen LogP contribution in [0.1, 0.15) is 155 Å². The van der Waals surface area contributed by atoms with Gasteiger partial charge in [0.25, 0.3) is 0 Å². The van der Waals surface area contributed by atoms with Gasteiger partial charge in [0.1, 0.15) is 6.61 Å². The number of carbonyl (C=O) groups excluding carboxylic acids is 2. The van der Waals surface area contributed by atoms with Crippen LogP contribution in [0.5, 0.6) is 0 Å². The summed E-state index contributed by atoms with van der Waals surface area (Å²) >= 11 is 0. The molecule has 0 saturated carbocycles. The van der Waals surface area contributed by atoms with Crippen molar-refractivity contribution in [3.63, 3.8) is 0 Å². The monoisotopic (exact) mass is 737 g/mol. The van der Waals surface area contributed by atoms with Crippen molar-refractivity contribution in [1.82, 2.24) is 0 Å². The number of carbonyl (C=O) groups is 2. The van der Waals surface area contributed by atoms with E-state index < -0.39 is 32.5 Å². The SMILES string of the molecule is CCC=CCC=CCC=CCC=CCC=CCCCCCC(=O)OC[C@H](COP(=O)(O)OCCN)OC(=O)CCCCCCCCCCCCC. The molecule has 294 valence electrons. The standard InChI is InChI=1S/C41H72NO8P/c1-3-5-7-9-11-13-15-16-17-18-19-20-21-22-24-25-27-29-31-33-40(43)47-37-39(38-49-51(45,46)48-36-35-42)50-41(44)34-32-30-28-26-23-14-12-10-8-6-4-2/h5,7,11,13,16-17,19-20,22,24,39H,3-4,6,8-10,12,14-15,18,21,23,25-38,42H2,1-2H3,(H,45,46)/t39-/m1/s1. The number of hydrogen-bond donors (Lipinski definition) is 2. The van der Waals surface area contributed by atoms with Crippen LogP contribution in [0, 0.1) is 0 Å². The summed E-state index contributed by atoms with van der Waals surface area (Å²) in [4.78, 5) is 34.7. The summed E-state index contributed by atoms with van der Waals surface area (Å²) in [5.41, 5.74) is 5.33. The van der Waals surface area contributed by atoms with Gasteiger partial charge in [-0.15, -0.1) is 0 Å². The Hall–Kier alpha value is -2.29. The fraction of sp³-hybridized carbons (Fsp3) is 0.707. The summed E-state index contributed by atoms with van der Waals surface area (Å²) < 4.78 is 32.6. The molecule has 0 aromatic rings. The maximum Gasteiger partial charge on any atom is 0.472 e. The van der Waals surface area contributed by atoms with Crippen LogP contribution in [0.15, 0.2) is 60.8 Å². The summed E-state index contributed by atoms with van der Waals surface area (Å²) in [7, 11) is -4.38. The molecule has 0 rings (SSSR count). The van der Waals surface area contributed by atoms with Gasteiger partial charge in [0.05, 0.1) is 13.2 Å². The van der Waals surface area contributed by atoms with Crippen molar-refractivity contribution in [3.05, 3.63) is 60.8 Å². The zero-order valence-corrected chi connectivity index (χ0v) is 33.0. The van der Waals surface area contributed by atoms with Gasteiger partial charge < -0.3 is 20.1 Å². The molecule has 3 N–H and O–H groups in total. The molecule has 0 spiro atoms. The highest BCUT2D eigenvalue weighted by Crippen LogP contribution is 2.43. The first-order valence-electron chi connectivity index (χ1n) is 19.8. The third-order valence-corrected chi connectivity index (χ3v) is 8.90. The summed E-state index contributed by atoms with van der Waals surface area (Å²) in [6, 6.07) is 0. The summed E-state index contributed by atoms with van der Waals surface area (Å²) in [5, 5.41) is 0. The van der Waals surface area contributed by atoms with E-state index in [0.29, 0.717) is 12.8 Å². The number of rotatable bonds is 36. The van der Waals surface area contributed by atoms with Gasteiger partial charge >= 0.3 is 19.8 Å². The lowest BCUT2D eigenvalue weighted by molar-refractivity contribution is -0.161. The topological polar surface area (TPSA) is 134 Å². The predicted octanol–water partition coefficient (Wildman–Crippen LogP) is 10.9. The van der Waals surface area contributed by atoms with Crippen LogP contribution in [-0.4, -0.2) is 49.3 Å². The molecule has 9 nitrogen and oxygen atoms in total. The van der Waals surface area contributed by atoms with Crippen molar-refractivity contribution < 1.29 is 37.6 Å². The average molecular weight is 738 g/mol. The van der Waals surface area contributed by atoms with Crippen molar-refractivity contribution in [2.24, 2.45) is 5.73 Å².